The van der Waals surface area contributed by atoms with Crippen LogP contribution in [0.1, 0.15) is 21.5 Å². The van der Waals surface area contributed by atoms with Crippen molar-refractivity contribution in [3.63, 3.8) is 0 Å². The molecule has 0 aliphatic carbocycles. The molecule has 0 aliphatic heterocycles. The second-order valence-electron chi connectivity index (χ2n) is 3.84. The average molecular weight is 237 g/mol. The van der Waals surface area contributed by atoms with Gasteiger partial charge >= 0.3 is 5.97 Å². The number of Topliss-reactive ketones (excluding diaryl/α,β-unsaturated/α-hetero) is 1. The summed E-state index contributed by atoms with van der Waals surface area (Å²) in [5.41, 5.74) is 7.14. The first-order valence-corrected chi connectivity index (χ1v) is 5.06. The predicted octanol–water partition coefficient (Wildman–Crippen LogP) is 0.907. The summed E-state index contributed by atoms with van der Waals surface area (Å²) < 4.78 is 5.11. The van der Waals surface area contributed by atoms with Gasteiger partial charge in [-0.25, -0.2) is 0 Å². The Labute approximate surface area is 99.2 Å². The zero-order chi connectivity index (χ0) is 13.2. The molecule has 0 heterocycles. The molecular formula is C12H15NO4. The molecule has 3 N–H and O–H groups in total. The van der Waals surface area contributed by atoms with Crippen molar-refractivity contribution in [2.75, 3.05) is 7.11 Å². The van der Waals surface area contributed by atoms with Gasteiger partial charge in [-0.1, -0.05) is 6.07 Å². The number of hydrogen-bond acceptors (Lipinski definition) is 4. The van der Waals surface area contributed by atoms with Gasteiger partial charge in [0.25, 0.3) is 0 Å². The minimum absolute atomic E-state index is 0.208. The first-order valence-electron chi connectivity index (χ1n) is 5.06. The first kappa shape index (κ1) is 13.2. The molecule has 5 heteroatoms. The summed E-state index contributed by atoms with van der Waals surface area (Å²) in [4.78, 5) is 22.6. The van der Waals surface area contributed by atoms with E-state index in [-0.39, 0.29) is 5.56 Å². The molecule has 0 spiro atoms. The number of hydrogen-bond donors (Lipinski definition) is 2. The third-order valence-corrected chi connectivity index (χ3v) is 2.44. The number of methoxy groups -OCH3 is 1. The quantitative estimate of drug-likeness (QED) is 0.600. The normalized spacial score (nSPS) is 12.0. The average Bonchev–Trinajstić information content (AvgIpc) is 2.25. The summed E-state index contributed by atoms with van der Waals surface area (Å²) >= 11 is 0. The Morgan fingerprint density at radius 2 is 1.94 bits per heavy atom. The highest BCUT2D eigenvalue weighted by Crippen LogP contribution is 2.26. The Morgan fingerprint density at radius 3 is 2.41 bits per heavy atom. The standard InChI is InChI=1S/C12H15NO4/c1-6-4-7(2)11(17-3)8(5-6)10(14)9(13)12(15)16/h4-5,9H,13H2,1-3H3,(H,15,16). The molecule has 1 unspecified atom stereocenters. The molecule has 0 amide bonds. The van der Waals surface area contributed by atoms with E-state index in [0.717, 1.165) is 11.1 Å². The number of carboxylic acid groups (broad SMARTS) is 1. The third kappa shape index (κ3) is 2.62. The van der Waals surface area contributed by atoms with E-state index < -0.39 is 17.8 Å². The number of benzene rings is 1. The monoisotopic (exact) mass is 237 g/mol. The number of ketones is 1. The number of ether oxygens (including phenoxy) is 1. The minimum Gasteiger partial charge on any atom is -0.496 e. The molecule has 0 radical (unpaired) electrons. The predicted molar refractivity (Wildman–Crippen MR) is 62.4 cm³/mol. The highest BCUT2D eigenvalue weighted by atomic mass is 16.5. The molecule has 0 saturated carbocycles. The number of aliphatic carboxylic acids is 1. The lowest BCUT2D eigenvalue weighted by atomic mass is 9.98. The second-order valence-corrected chi connectivity index (χ2v) is 3.84. The van der Waals surface area contributed by atoms with Gasteiger partial charge in [0.05, 0.1) is 12.7 Å². The third-order valence-electron chi connectivity index (χ3n) is 2.44. The molecule has 0 aliphatic rings. The van der Waals surface area contributed by atoms with Crippen molar-refractivity contribution in [1.82, 2.24) is 0 Å². The molecule has 5 nitrogen and oxygen atoms in total. The van der Waals surface area contributed by atoms with Crippen molar-refractivity contribution >= 4 is 11.8 Å². The number of carboxylic acids is 1. The largest absolute Gasteiger partial charge is 0.496 e. The Hall–Kier alpha value is -1.88. The molecule has 1 atom stereocenters. The first-order chi connectivity index (χ1) is 7.88. The summed E-state index contributed by atoms with van der Waals surface area (Å²) in [6.07, 6.45) is 0. The molecule has 17 heavy (non-hydrogen) atoms. The van der Waals surface area contributed by atoms with Crippen LogP contribution < -0.4 is 10.5 Å². The molecule has 1 aromatic carbocycles. The van der Waals surface area contributed by atoms with Crippen LogP contribution in [-0.2, 0) is 4.79 Å². The summed E-state index contributed by atoms with van der Waals surface area (Å²) in [5.74, 6) is -1.63. The van der Waals surface area contributed by atoms with Gasteiger partial charge in [0.1, 0.15) is 5.75 Å². The molecule has 1 rings (SSSR count). The van der Waals surface area contributed by atoms with Crippen LogP contribution in [0.3, 0.4) is 0 Å². The molecule has 92 valence electrons. The maximum Gasteiger partial charge on any atom is 0.328 e. The van der Waals surface area contributed by atoms with E-state index in [9.17, 15) is 9.59 Å². The highest BCUT2D eigenvalue weighted by Gasteiger charge is 2.26. The van der Waals surface area contributed by atoms with E-state index in [1.54, 1.807) is 13.0 Å². The van der Waals surface area contributed by atoms with Crippen LogP contribution in [0.15, 0.2) is 12.1 Å². The van der Waals surface area contributed by atoms with Crippen LogP contribution in [-0.4, -0.2) is 30.0 Å². The SMILES string of the molecule is COc1c(C)cc(C)cc1C(=O)C(N)C(=O)O. The lowest BCUT2D eigenvalue weighted by Gasteiger charge is -2.13. The van der Waals surface area contributed by atoms with Gasteiger partial charge in [0.2, 0.25) is 0 Å². The number of carbonyl (C=O) groups excluding carboxylic acids is 1. The van der Waals surface area contributed by atoms with Crippen LogP contribution in [0.4, 0.5) is 0 Å². The maximum absolute atomic E-state index is 11.9. The van der Waals surface area contributed by atoms with Crippen LogP contribution in [0.5, 0.6) is 5.75 Å². The number of nitrogens with two attached hydrogens (primary N) is 1. The fourth-order valence-electron chi connectivity index (χ4n) is 1.69. The summed E-state index contributed by atoms with van der Waals surface area (Å²) in [7, 11) is 1.43. The Balaban J connectivity index is 3.30. The van der Waals surface area contributed by atoms with Gasteiger partial charge in [-0.15, -0.1) is 0 Å². The van der Waals surface area contributed by atoms with E-state index in [0.29, 0.717) is 5.75 Å². The number of aryl methyl sites for hydroxylation is 2. The maximum atomic E-state index is 11.9. The molecule has 0 saturated heterocycles. The van der Waals surface area contributed by atoms with Gasteiger partial charge in [-0.05, 0) is 31.0 Å². The second kappa shape index (κ2) is 4.97. The zero-order valence-corrected chi connectivity index (χ0v) is 9.98. The summed E-state index contributed by atoms with van der Waals surface area (Å²) in [6.45, 7) is 3.60. The minimum atomic E-state index is -1.56. The lowest BCUT2D eigenvalue weighted by Crippen LogP contribution is -2.38. The molecular weight excluding hydrogens is 222 g/mol. The van der Waals surface area contributed by atoms with Crippen LogP contribution in [0.2, 0.25) is 0 Å². The summed E-state index contributed by atoms with van der Waals surface area (Å²) in [5, 5.41) is 8.73. The van der Waals surface area contributed by atoms with Crippen LogP contribution in [0, 0.1) is 13.8 Å². The molecule has 0 bridgehead atoms. The van der Waals surface area contributed by atoms with Crippen molar-refractivity contribution in [1.29, 1.82) is 0 Å². The fourth-order valence-corrected chi connectivity index (χ4v) is 1.69. The Bertz CT molecular complexity index is 468. The van der Waals surface area contributed by atoms with Crippen molar-refractivity contribution in [2.24, 2.45) is 5.73 Å². The van der Waals surface area contributed by atoms with Crippen molar-refractivity contribution in [3.8, 4) is 5.75 Å². The van der Waals surface area contributed by atoms with Crippen LogP contribution in [0.25, 0.3) is 0 Å². The fraction of sp³-hybridized carbons (Fsp3) is 0.333. The van der Waals surface area contributed by atoms with Gasteiger partial charge in [-0.3, -0.25) is 9.59 Å². The van der Waals surface area contributed by atoms with Gasteiger partial charge in [-0.2, -0.15) is 0 Å². The van der Waals surface area contributed by atoms with Crippen LogP contribution >= 0.6 is 0 Å². The van der Waals surface area contributed by atoms with Crippen molar-refractivity contribution in [2.45, 2.75) is 19.9 Å². The van der Waals surface area contributed by atoms with Crippen molar-refractivity contribution in [3.05, 3.63) is 28.8 Å². The van der Waals surface area contributed by atoms with E-state index in [2.05, 4.69) is 0 Å². The summed E-state index contributed by atoms with van der Waals surface area (Å²) in [6, 6.07) is 1.86. The van der Waals surface area contributed by atoms with E-state index in [1.165, 1.54) is 7.11 Å². The Morgan fingerprint density at radius 1 is 1.35 bits per heavy atom. The number of rotatable bonds is 4. The van der Waals surface area contributed by atoms with Gasteiger partial charge < -0.3 is 15.6 Å². The molecule has 1 aromatic rings. The Kier molecular flexibility index (Phi) is 3.85. The van der Waals surface area contributed by atoms with E-state index in [1.807, 2.05) is 13.0 Å². The number of carbonyl (C=O) groups is 2. The highest BCUT2D eigenvalue weighted by molar-refractivity contribution is 6.13. The van der Waals surface area contributed by atoms with E-state index >= 15 is 0 Å². The van der Waals surface area contributed by atoms with Crippen molar-refractivity contribution < 1.29 is 19.4 Å². The zero-order valence-electron chi connectivity index (χ0n) is 9.98. The van der Waals surface area contributed by atoms with Gasteiger partial charge in [0.15, 0.2) is 11.8 Å². The van der Waals surface area contributed by atoms with E-state index in [4.69, 9.17) is 15.6 Å². The smallest absolute Gasteiger partial charge is 0.328 e. The molecule has 0 fully saturated rings. The molecule has 0 aromatic heterocycles. The topological polar surface area (TPSA) is 89.6 Å². The van der Waals surface area contributed by atoms with Gasteiger partial charge in [0, 0.05) is 0 Å². The lowest BCUT2D eigenvalue weighted by molar-refractivity contribution is -0.137.